The second-order valence-electron chi connectivity index (χ2n) is 7.42. The third-order valence-electron chi connectivity index (χ3n) is 6.66. The fraction of sp³-hybridized carbons (Fsp3) is 0.455. The maximum absolute atomic E-state index is 3.40. The highest BCUT2D eigenvalue weighted by Gasteiger charge is 2.54. The van der Waals surface area contributed by atoms with E-state index in [1.54, 1.807) is 11.1 Å². The molecule has 2 radical (unpaired) electrons. The van der Waals surface area contributed by atoms with Gasteiger partial charge in [0.05, 0.1) is 0 Å². The minimum atomic E-state index is 0.273. The first-order chi connectivity index (χ1) is 10.9. The molecule has 2 aromatic carbocycles. The van der Waals surface area contributed by atoms with E-state index in [1.165, 1.54) is 56.1 Å². The van der Waals surface area contributed by atoms with Crippen molar-refractivity contribution in [2.45, 2.75) is 50.4 Å². The average Bonchev–Trinajstić information content (AvgIpc) is 2.82. The van der Waals surface area contributed by atoms with Crippen molar-refractivity contribution in [2.24, 2.45) is 11.8 Å². The largest absolute Gasteiger partial charge is 0.0537 e. The van der Waals surface area contributed by atoms with Gasteiger partial charge in [0.15, 0.2) is 0 Å². The van der Waals surface area contributed by atoms with Crippen molar-refractivity contribution in [3.05, 3.63) is 59.7 Å². The zero-order chi connectivity index (χ0) is 14.6. The van der Waals surface area contributed by atoms with Gasteiger partial charge >= 0.3 is 0 Å². The van der Waals surface area contributed by atoms with Crippen LogP contribution in [0.4, 0.5) is 0 Å². The van der Waals surface area contributed by atoms with Crippen LogP contribution < -0.4 is 0 Å². The number of benzene rings is 2. The zero-order valence-corrected chi connectivity index (χ0v) is 13.1. The van der Waals surface area contributed by atoms with Crippen LogP contribution in [0.25, 0.3) is 11.1 Å². The lowest BCUT2D eigenvalue weighted by atomic mass is 9.55. The van der Waals surface area contributed by atoms with Gasteiger partial charge in [-0.3, -0.25) is 0 Å². The van der Waals surface area contributed by atoms with Crippen LogP contribution in [0.15, 0.2) is 36.4 Å². The third-order valence-corrected chi connectivity index (χ3v) is 6.66. The van der Waals surface area contributed by atoms with Crippen LogP contribution >= 0.6 is 0 Å². The van der Waals surface area contributed by atoms with Crippen LogP contribution in [0.5, 0.6) is 0 Å². The maximum Gasteiger partial charge on any atom is 0.0271 e. The van der Waals surface area contributed by atoms with Crippen molar-refractivity contribution in [3.8, 4) is 11.1 Å². The summed E-state index contributed by atoms with van der Waals surface area (Å²) < 4.78 is 0. The molecule has 3 aliphatic carbocycles. The van der Waals surface area contributed by atoms with Crippen LogP contribution in [-0.2, 0) is 5.41 Å². The summed E-state index contributed by atoms with van der Waals surface area (Å²) in [6, 6.07) is 20.2. The summed E-state index contributed by atoms with van der Waals surface area (Å²) in [6.07, 6.45) is 9.87. The molecule has 5 rings (SSSR count). The lowest BCUT2D eigenvalue weighted by Crippen LogP contribution is -2.44. The van der Waals surface area contributed by atoms with E-state index < -0.39 is 0 Å². The first-order valence-corrected chi connectivity index (χ1v) is 8.94. The van der Waals surface area contributed by atoms with Gasteiger partial charge in [-0.2, -0.15) is 0 Å². The molecule has 0 amide bonds. The molecule has 22 heavy (non-hydrogen) atoms. The Bertz CT molecular complexity index is 650. The molecule has 0 heterocycles. The van der Waals surface area contributed by atoms with E-state index in [-0.39, 0.29) is 5.41 Å². The molecule has 2 fully saturated rings. The monoisotopic (exact) mass is 286 g/mol. The van der Waals surface area contributed by atoms with Gasteiger partial charge < -0.3 is 0 Å². The molecule has 2 saturated carbocycles. The Hall–Kier alpha value is -1.56. The van der Waals surface area contributed by atoms with Gasteiger partial charge in [-0.05, 0) is 84.0 Å². The van der Waals surface area contributed by atoms with Crippen molar-refractivity contribution < 1.29 is 0 Å². The van der Waals surface area contributed by atoms with E-state index in [0.717, 1.165) is 11.8 Å². The second-order valence-corrected chi connectivity index (χ2v) is 7.42. The standard InChI is InChI=1S/C22H22/c1-2-9-17-11-7-10-16(8-1)22(17)20-14-5-3-12-18(20)19-13-4-6-15-21(19)22/h3-4,12-17H,1-2,7-11H2. The fourth-order valence-electron chi connectivity index (χ4n) is 5.96. The van der Waals surface area contributed by atoms with E-state index in [2.05, 4.69) is 48.5 Å². The van der Waals surface area contributed by atoms with E-state index >= 15 is 0 Å². The van der Waals surface area contributed by atoms with E-state index in [1.807, 2.05) is 0 Å². The first-order valence-electron chi connectivity index (χ1n) is 8.94. The summed E-state index contributed by atoms with van der Waals surface area (Å²) in [5.41, 5.74) is 6.39. The molecule has 1 spiro atoms. The fourth-order valence-corrected chi connectivity index (χ4v) is 5.96. The first kappa shape index (κ1) is 12.9. The van der Waals surface area contributed by atoms with Gasteiger partial charge in [0, 0.05) is 5.41 Å². The van der Waals surface area contributed by atoms with Crippen molar-refractivity contribution in [2.75, 3.05) is 0 Å². The Labute approximate surface area is 133 Å². The second kappa shape index (κ2) is 4.72. The minimum Gasteiger partial charge on any atom is -0.0537 e. The van der Waals surface area contributed by atoms with Crippen LogP contribution in [-0.4, -0.2) is 0 Å². The summed E-state index contributed by atoms with van der Waals surface area (Å²) in [5.74, 6) is 1.64. The molecule has 0 N–H and O–H groups in total. The quantitative estimate of drug-likeness (QED) is 0.596. The lowest BCUT2D eigenvalue weighted by Gasteiger charge is -2.48. The molecule has 2 atom stereocenters. The van der Waals surface area contributed by atoms with Gasteiger partial charge in [-0.1, -0.05) is 43.5 Å². The van der Waals surface area contributed by atoms with Gasteiger partial charge in [-0.15, -0.1) is 0 Å². The number of hydrogen-bond acceptors (Lipinski definition) is 0. The van der Waals surface area contributed by atoms with Crippen LogP contribution in [0.3, 0.4) is 0 Å². The highest BCUT2D eigenvalue weighted by molar-refractivity contribution is 5.81. The Morgan fingerprint density at radius 1 is 0.727 bits per heavy atom. The van der Waals surface area contributed by atoms with E-state index in [4.69, 9.17) is 0 Å². The van der Waals surface area contributed by atoms with Crippen molar-refractivity contribution in [1.82, 2.24) is 0 Å². The molecular weight excluding hydrogens is 264 g/mol. The smallest absolute Gasteiger partial charge is 0.0271 e. The van der Waals surface area contributed by atoms with E-state index in [0.29, 0.717) is 0 Å². The normalized spacial score (nSPS) is 28.0. The Kier molecular flexibility index (Phi) is 2.77. The molecule has 0 aromatic heterocycles. The summed E-state index contributed by atoms with van der Waals surface area (Å²) >= 11 is 0. The molecule has 3 aliphatic rings. The Morgan fingerprint density at radius 2 is 1.23 bits per heavy atom. The Morgan fingerprint density at radius 3 is 1.77 bits per heavy atom. The van der Waals surface area contributed by atoms with Gasteiger partial charge in [0.25, 0.3) is 0 Å². The van der Waals surface area contributed by atoms with Gasteiger partial charge in [-0.25, -0.2) is 0 Å². The molecule has 2 bridgehead atoms. The van der Waals surface area contributed by atoms with Gasteiger partial charge in [0.1, 0.15) is 0 Å². The number of hydrogen-bond donors (Lipinski definition) is 0. The molecule has 0 heteroatoms. The van der Waals surface area contributed by atoms with Gasteiger partial charge in [0.2, 0.25) is 0 Å². The predicted molar refractivity (Wildman–Crippen MR) is 89.6 cm³/mol. The predicted octanol–water partition coefficient (Wildman–Crippen LogP) is 5.54. The number of rotatable bonds is 0. The third kappa shape index (κ3) is 1.49. The molecule has 2 unspecified atom stereocenters. The van der Waals surface area contributed by atoms with Crippen molar-refractivity contribution in [3.63, 3.8) is 0 Å². The average molecular weight is 286 g/mol. The molecule has 2 aromatic rings. The topological polar surface area (TPSA) is 0 Å². The summed E-state index contributed by atoms with van der Waals surface area (Å²) in [6.45, 7) is 0. The van der Waals surface area contributed by atoms with Crippen LogP contribution in [0, 0.1) is 24.0 Å². The van der Waals surface area contributed by atoms with Crippen LogP contribution in [0.2, 0.25) is 0 Å². The maximum atomic E-state index is 3.40. The summed E-state index contributed by atoms with van der Waals surface area (Å²) in [7, 11) is 0. The molecule has 110 valence electrons. The molecule has 0 saturated heterocycles. The van der Waals surface area contributed by atoms with E-state index in [9.17, 15) is 0 Å². The molecule has 0 nitrogen and oxygen atoms in total. The SMILES string of the molecule is [c]1ccc2c(c1)C1(c3c[c]ccc3-2)C2CCCCC1CCC2. The zero-order valence-electron chi connectivity index (χ0n) is 13.1. The van der Waals surface area contributed by atoms with Crippen molar-refractivity contribution in [1.29, 1.82) is 0 Å². The molecule has 0 aliphatic heterocycles. The Balaban J connectivity index is 1.86. The highest BCUT2D eigenvalue weighted by atomic mass is 14.6. The molecular formula is C22H22. The highest BCUT2D eigenvalue weighted by Crippen LogP contribution is 2.63. The summed E-state index contributed by atoms with van der Waals surface area (Å²) in [5, 5.41) is 0. The van der Waals surface area contributed by atoms with Crippen molar-refractivity contribution >= 4 is 0 Å². The van der Waals surface area contributed by atoms with Crippen LogP contribution in [0.1, 0.15) is 56.1 Å². The minimum absolute atomic E-state index is 0.273. The summed E-state index contributed by atoms with van der Waals surface area (Å²) in [4.78, 5) is 0. The lowest BCUT2D eigenvalue weighted by molar-refractivity contribution is 0.148. The number of fused-ring (bicyclic) bond motifs is 3.